The van der Waals surface area contributed by atoms with E-state index in [4.69, 9.17) is 9.47 Å². The molecule has 0 aliphatic heterocycles. The second-order valence-corrected chi connectivity index (χ2v) is 4.48. The summed E-state index contributed by atoms with van der Waals surface area (Å²) in [5.74, 6) is 1.58. The van der Waals surface area contributed by atoms with Gasteiger partial charge in [0.15, 0.2) is 11.5 Å². The largest absolute Gasteiger partial charge is 0.494 e. The molecule has 0 unspecified atom stereocenters. The molecule has 2 rings (SSSR count). The van der Waals surface area contributed by atoms with Crippen molar-refractivity contribution in [2.45, 2.75) is 13.8 Å². The van der Waals surface area contributed by atoms with Crippen LogP contribution in [0.15, 0.2) is 60.4 Å². The van der Waals surface area contributed by atoms with Gasteiger partial charge in [-0.25, -0.2) is 0 Å². The Morgan fingerprint density at radius 1 is 1.00 bits per heavy atom. The Balaban J connectivity index is 2.17. The monoisotopic (exact) mass is 282 g/mol. The fourth-order valence-electron chi connectivity index (χ4n) is 1.80. The number of benzene rings is 2. The second-order valence-electron chi connectivity index (χ2n) is 4.48. The van der Waals surface area contributed by atoms with Crippen LogP contribution in [0.25, 0.3) is 6.08 Å². The van der Waals surface area contributed by atoms with Crippen molar-refractivity contribution in [2.75, 3.05) is 6.61 Å². The van der Waals surface area contributed by atoms with Crippen molar-refractivity contribution in [3.63, 3.8) is 0 Å². The summed E-state index contributed by atoms with van der Waals surface area (Å²) in [5.41, 5.74) is 0.925. The van der Waals surface area contributed by atoms with Gasteiger partial charge in [-0.05, 0) is 42.8 Å². The van der Waals surface area contributed by atoms with Crippen LogP contribution >= 0.6 is 0 Å². The first-order valence-electron chi connectivity index (χ1n) is 6.87. The molecule has 0 radical (unpaired) electrons. The SMILES string of the molecule is CCOc1ccc(OC(=Cc2ccccc2)C(C)=O)cc1. The van der Waals surface area contributed by atoms with Crippen molar-refractivity contribution in [1.29, 1.82) is 0 Å². The average Bonchev–Trinajstić information content (AvgIpc) is 2.50. The molecule has 3 heteroatoms. The van der Waals surface area contributed by atoms with Gasteiger partial charge in [-0.3, -0.25) is 4.79 Å². The number of hydrogen-bond acceptors (Lipinski definition) is 3. The van der Waals surface area contributed by atoms with Crippen LogP contribution < -0.4 is 9.47 Å². The molecule has 0 aromatic heterocycles. The van der Waals surface area contributed by atoms with E-state index < -0.39 is 0 Å². The molecular formula is C18H18O3. The topological polar surface area (TPSA) is 35.5 Å². The minimum atomic E-state index is -0.118. The van der Waals surface area contributed by atoms with Crippen LogP contribution in [0, 0.1) is 0 Å². The third-order valence-corrected chi connectivity index (χ3v) is 2.81. The molecule has 3 nitrogen and oxygen atoms in total. The normalized spacial score (nSPS) is 11.0. The van der Waals surface area contributed by atoms with Crippen LogP contribution in [0.1, 0.15) is 19.4 Å². The van der Waals surface area contributed by atoms with Crippen molar-refractivity contribution < 1.29 is 14.3 Å². The van der Waals surface area contributed by atoms with E-state index in [1.807, 2.05) is 49.4 Å². The van der Waals surface area contributed by atoms with Crippen LogP contribution in [-0.4, -0.2) is 12.4 Å². The Bertz CT molecular complexity index is 613. The summed E-state index contributed by atoms with van der Waals surface area (Å²) in [7, 11) is 0. The molecule has 0 spiro atoms. The third kappa shape index (κ3) is 4.49. The predicted octanol–water partition coefficient (Wildman–Crippen LogP) is 4.09. The molecule has 2 aromatic rings. The van der Waals surface area contributed by atoms with E-state index in [0.29, 0.717) is 18.1 Å². The van der Waals surface area contributed by atoms with Crippen molar-refractivity contribution >= 4 is 11.9 Å². The molecule has 0 heterocycles. The maximum atomic E-state index is 11.7. The molecule has 0 bridgehead atoms. The molecule has 0 saturated heterocycles. The fraction of sp³-hybridized carbons (Fsp3) is 0.167. The lowest BCUT2D eigenvalue weighted by molar-refractivity contribution is -0.115. The summed E-state index contributed by atoms with van der Waals surface area (Å²) < 4.78 is 11.0. The molecule has 108 valence electrons. The molecule has 21 heavy (non-hydrogen) atoms. The number of allylic oxidation sites excluding steroid dienone is 1. The molecule has 0 fully saturated rings. The Labute approximate surface area is 124 Å². The molecule has 2 aromatic carbocycles. The Hall–Kier alpha value is -2.55. The number of hydrogen-bond donors (Lipinski definition) is 0. The van der Waals surface area contributed by atoms with Crippen molar-refractivity contribution in [1.82, 2.24) is 0 Å². The first kappa shape index (κ1) is 14.9. The third-order valence-electron chi connectivity index (χ3n) is 2.81. The van der Waals surface area contributed by atoms with E-state index in [2.05, 4.69) is 0 Å². The second kappa shape index (κ2) is 7.29. The molecular weight excluding hydrogens is 264 g/mol. The van der Waals surface area contributed by atoms with Gasteiger partial charge in [0.1, 0.15) is 11.5 Å². The molecule has 0 aliphatic rings. The van der Waals surface area contributed by atoms with Crippen LogP contribution in [0.4, 0.5) is 0 Å². The number of carbonyl (C=O) groups is 1. The molecule has 0 aliphatic carbocycles. The summed E-state index contributed by atoms with van der Waals surface area (Å²) in [4.78, 5) is 11.7. The lowest BCUT2D eigenvalue weighted by Crippen LogP contribution is -2.04. The summed E-state index contributed by atoms with van der Waals surface area (Å²) in [6.45, 7) is 4.04. The van der Waals surface area contributed by atoms with Gasteiger partial charge in [-0.1, -0.05) is 30.3 Å². The van der Waals surface area contributed by atoms with Crippen LogP contribution in [0.5, 0.6) is 11.5 Å². The average molecular weight is 282 g/mol. The number of rotatable bonds is 6. The zero-order valence-electron chi connectivity index (χ0n) is 12.2. The number of ketones is 1. The zero-order valence-corrected chi connectivity index (χ0v) is 12.2. The molecule has 0 N–H and O–H groups in total. The minimum Gasteiger partial charge on any atom is -0.494 e. The van der Waals surface area contributed by atoms with Crippen molar-refractivity contribution in [2.24, 2.45) is 0 Å². The lowest BCUT2D eigenvalue weighted by atomic mass is 10.2. The summed E-state index contributed by atoms with van der Waals surface area (Å²) in [5, 5.41) is 0. The lowest BCUT2D eigenvalue weighted by Gasteiger charge is -2.09. The Morgan fingerprint density at radius 3 is 2.19 bits per heavy atom. The van der Waals surface area contributed by atoms with E-state index in [9.17, 15) is 4.79 Å². The van der Waals surface area contributed by atoms with Crippen LogP contribution in [0.2, 0.25) is 0 Å². The summed E-state index contributed by atoms with van der Waals surface area (Å²) in [6.07, 6.45) is 1.73. The van der Waals surface area contributed by atoms with E-state index in [1.165, 1.54) is 6.92 Å². The van der Waals surface area contributed by atoms with Crippen molar-refractivity contribution in [3.05, 3.63) is 65.9 Å². The van der Waals surface area contributed by atoms with Gasteiger partial charge >= 0.3 is 0 Å². The Kier molecular flexibility index (Phi) is 5.16. The molecule has 0 amide bonds. The van der Waals surface area contributed by atoms with E-state index in [-0.39, 0.29) is 5.78 Å². The van der Waals surface area contributed by atoms with Crippen LogP contribution in [0.3, 0.4) is 0 Å². The minimum absolute atomic E-state index is 0.118. The highest BCUT2D eigenvalue weighted by Gasteiger charge is 2.07. The summed E-state index contributed by atoms with van der Waals surface area (Å²) in [6, 6.07) is 16.8. The smallest absolute Gasteiger partial charge is 0.194 e. The zero-order chi connectivity index (χ0) is 15.1. The highest BCUT2D eigenvalue weighted by atomic mass is 16.5. The molecule has 0 atom stereocenters. The summed E-state index contributed by atoms with van der Waals surface area (Å²) >= 11 is 0. The number of ether oxygens (including phenoxy) is 2. The highest BCUT2D eigenvalue weighted by molar-refractivity contribution is 5.96. The predicted molar refractivity (Wildman–Crippen MR) is 83.3 cm³/mol. The maximum Gasteiger partial charge on any atom is 0.194 e. The van der Waals surface area contributed by atoms with E-state index in [1.54, 1.807) is 18.2 Å². The maximum absolute atomic E-state index is 11.7. The van der Waals surface area contributed by atoms with Gasteiger partial charge in [-0.2, -0.15) is 0 Å². The van der Waals surface area contributed by atoms with Gasteiger partial charge in [0.2, 0.25) is 0 Å². The van der Waals surface area contributed by atoms with Gasteiger partial charge in [0.05, 0.1) is 6.61 Å². The highest BCUT2D eigenvalue weighted by Crippen LogP contribution is 2.20. The van der Waals surface area contributed by atoms with Gasteiger partial charge in [-0.15, -0.1) is 0 Å². The Morgan fingerprint density at radius 2 is 1.62 bits per heavy atom. The van der Waals surface area contributed by atoms with Gasteiger partial charge < -0.3 is 9.47 Å². The van der Waals surface area contributed by atoms with Gasteiger partial charge in [0.25, 0.3) is 0 Å². The standard InChI is InChI=1S/C18H18O3/c1-3-20-16-9-11-17(12-10-16)21-18(14(2)19)13-15-7-5-4-6-8-15/h4-13H,3H2,1-2H3. The fourth-order valence-corrected chi connectivity index (χ4v) is 1.80. The van der Waals surface area contributed by atoms with E-state index in [0.717, 1.165) is 11.3 Å². The molecule has 0 saturated carbocycles. The number of Topliss-reactive ketones (excluding diaryl/α,β-unsaturated/α-hetero) is 1. The first-order chi connectivity index (χ1) is 10.2. The quantitative estimate of drug-likeness (QED) is 0.591. The van der Waals surface area contributed by atoms with Crippen LogP contribution in [-0.2, 0) is 4.79 Å². The first-order valence-corrected chi connectivity index (χ1v) is 6.87. The van der Waals surface area contributed by atoms with E-state index >= 15 is 0 Å². The van der Waals surface area contributed by atoms with Crippen molar-refractivity contribution in [3.8, 4) is 11.5 Å². The number of carbonyl (C=O) groups excluding carboxylic acids is 1. The van der Waals surface area contributed by atoms with Gasteiger partial charge in [0, 0.05) is 6.92 Å².